The molecule has 4 nitrogen and oxygen atoms in total. The van der Waals surface area contributed by atoms with Gasteiger partial charge in [0.2, 0.25) is 0 Å². The van der Waals surface area contributed by atoms with Crippen LogP contribution in [0, 0.1) is 0 Å². The van der Waals surface area contributed by atoms with Crippen LogP contribution in [-0.2, 0) is 5.41 Å². The molecule has 4 heteroatoms. The highest BCUT2D eigenvalue weighted by Gasteiger charge is 2.20. The van der Waals surface area contributed by atoms with Gasteiger partial charge >= 0.3 is 0 Å². The van der Waals surface area contributed by atoms with E-state index < -0.39 is 0 Å². The Morgan fingerprint density at radius 2 is 1.43 bits per heavy atom. The van der Waals surface area contributed by atoms with Gasteiger partial charge in [0.25, 0.3) is 11.8 Å². The van der Waals surface area contributed by atoms with Crippen molar-refractivity contribution in [1.29, 1.82) is 0 Å². The summed E-state index contributed by atoms with van der Waals surface area (Å²) in [6, 6.07) is 24.2. The Balaban J connectivity index is 1.84. The molecule has 3 aromatic carbocycles. The Labute approximate surface area is 178 Å². The molecule has 0 spiro atoms. The predicted molar refractivity (Wildman–Crippen MR) is 123 cm³/mol. The number of hydrogen-bond donors (Lipinski definition) is 1. The normalized spacial score (nSPS) is 11.1. The molecule has 0 unspecified atom stereocenters. The molecule has 30 heavy (non-hydrogen) atoms. The molecule has 0 atom stereocenters. The number of nitrogens with zero attached hydrogens (tertiary/aromatic N) is 1. The zero-order valence-electron chi connectivity index (χ0n) is 18.0. The van der Waals surface area contributed by atoms with Crippen LogP contribution in [-0.4, -0.2) is 18.4 Å². The number of nitrogens with one attached hydrogen (secondary N) is 1. The average Bonchev–Trinajstić information content (AvgIpc) is 2.75. The fourth-order valence-electron chi connectivity index (χ4n) is 3.29. The smallest absolute Gasteiger partial charge is 0.260 e. The van der Waals surface area contributed by atoms with E-state index in [2.05, 4.69) is 26.1 Å². The molecule has 0 aromatic heterocycles. The summed E-state index contributed by atoms with van der Waals surface area (Å²) in [6.07, 6.45) is 0. The summed E-state index contributed by atoms with van der Waals surface area (Å²) in [7, 11) is 0. The summed E-state index contributed by atoms with van der Waals surface area (Å²) in [5.74, 6) is -0.388. The van der Waals surface area contributed by atoms with Gasteiger partial charge in [-0.25, -0.2) is 0 Å². The highest BCUT2D eigenvalue weighted by Crippen LogP contribution is 2.24. The number of hydrogen-bond acceptors (Lipinski definition) is 2. The van der Waals surface area contributed by atoms with Gasteiger partial charge in [-0.1, -0.05) is 63.2 Å². The molecule has 3 aromatic rings. The van der Waals surface area contributed by atoms with Crippen LogP contribution >= 0.6 is 0 Å². The van der Waals surface area contributed by atoms with Crippen LogP contribution in [0.3, 0.4) is 0 Å². The minimum atomic E-state index is -0.238. The van der Waals surface area contributed by atoms with Crippen LogP contribution in [0.1, 0.15) is 54.0 Å². The van der Waals surface area contributed by atoms with Crippen molar-refractivity contribution in [2.45, 2.75) is 33.1 Å². The Morgan fingerprint density at radius 1 is 0.833 bits per heavy atom. The largest absolute Gasteiger partial charge is 0.321 e. The molecule has 0 fully saturated rings. The van der Waals surface area contributed by atoms with Crippen molar-refractivity contribution in [3.05, 3.63) is 95.6 Å². The van der Waals surface area contributed by atoms with Gasteiger partial charge in [-0.05, 0) is 54.3 Å². The molecule has 0 saturated carbocycles. The van der Waals surface area contributed by atoms with E-state index in [0.29, 0.717) is 23.4 Å². The van der Waals surface area contributed by atoms with Gasteiger partial charge < -0.3 is 10.2 Å². The van der Waals surface area contributed by atoms with E-state index in [1.165, 1.54) is 0 Å². The third-order valence-electron chi connectivity index (χ3n) is 5.05. The summed E-state index contributed by atoms with van der Waals surface area (Å²) >= 11 is 0. The second-order valence-electron chi connectivity index (χ2n) is 8.21. The first-order valence-electron chi connectivity index (χ1n) is 10.2. The number of benzene rings is 3. The van der Waals surface area contributed by atoms with E-state index in [-0.39, 0.29) is 17.2 Å². The first kappa shape index (κ1) is 21.3. The van der Waals surface area contributed by atoms with Crippen LogP contribution in [0.15, 0.2) is 78.9 Å². The van der Waals surface area contributed by atoms with Gasteiger partial charge in [0.1, 0.15) is 0 Å². The molecule has 0 aliphatic heterocycles. The summed E-state index contributed by atoms with van der Waals surface area (Å²) in [4.78, 5) is 27.8. The topological polar surface area (TPSA) is 49.4 Å². The zero-order chi connectivity index (χ0) is 21.7. The first-order chi connectivity index (χ1) is 14.3. The minimum Gasteiger partial charge on any atom is -0.321 e. The van der Waals surface area contributed by atoms with Crippen molar-refractivity contribution in [1.82, 2.24) is 0 Å². The first-order valence-corrected chi connectivity index (χ1v) is 10.2. The van der Waals surface area contributed by atoms with Crippen LogP contribution in [0.4, 0.5) is 11.4 Å². The van der Waals surface area contributed by atoms with Crippen molar-refractivity contribution in [2.24, 2.45) is 0 Å². The monoisotopic (exact) mass is 400 g/mol. The molecular weight excluding hydrogens is 372 g/mol. The quantitative estimate of drug-likeness (QED) is 0.579. The Hall–Kier alpha value is -3.40. The van der Waals surface area contributed by atoms with Gasteiger partial charge in [-0.3, -0.25) is 9.59 Å². The van der Waals surface area contributed by atoms with E-state index in [1.807, 2.05) is 67.6 Å². The molecule has 0 aliphatic carbocycles. The number of carbonyl (C=O) groups excluding carboxylic acids is 2. The van der Waals surface area contributed by atoms with Crippen molar-refractivity contribution in [3.8, 4) is 0 Å². The molecule has 0 aliphatic rings. The number of carbonyl (C=O) groups is 2. The van der Waals surface area contributed by atoms with E-state index in [9.17, 15) is 9.59 Å². The lowest BCUT2D eigenvalue weighted by Crippen LogP contribution is -2.31. The molecule has 2 amide bonds. The van der Waals surface area contributed by atoms with Crippen LogP contribution in [0.25, 0.3) is 0 Å². The van der Waals surface area contributed by atoms with Crippen molar-refractivity contribution in [2.75, 3.05) is 16.8 Å². The maximum absolute atomic E-state index is 13.2. The standard InChI is InChI=1S/C26H28N2O2/c1-5-28(21-11-7-6-8-12-21)25(30)22-13-9-10-14-23(22)27-24(29)19-15-17-20(18-16-19)26(2,3)4/h6-18H,5H2,1-4H3,(H,27,29). The second kappa shape index (κ2) is 8.95. The van der Waals surface area contributed by atoms with Gasteiger partial charge in [0.15, 0.2) is 0 Å². The van der Waals surface area contributed by atoms with E-state index >= 15 is 0 Å². The summed E-state index contributed by atoms with van der Waals surface area (Å²) < 4.78 is 0. The lowest BCUT2D eigenvalue weighted by Gasteiger charge is -2.22. The summed E-state index contributed by atoms with van der Waals surface area (Å²) in [5, 5.41) is 2.91. The highest BCUT2D eigenvalue weighted by molar-refractivity contribution is 6.13. The van der Waals surface area contributed by atoms with Gasteiger partial charge in [0, 0.05) is 17.8 Å². The van der Waals surface area contributed by atoms with Crippen molar-refractivity contribution < 1.29 is 9.59 Å². The van der Waals surface area contributed by atoms with Gasteiger partial charge in [-0.2, -0.15) is 0 Å². The van der Waals surface area contributed by atoms with Crippen LogP contribution in [0.5, 0.6) is 0 Å². The molecule has 3 rings (SSSR count). The Bertz CT molecular complexity index is 1020. The van der Waals surface area contributed by atoms with Crippen LogP contribution < -0.4 is 10.2 Å². The maximum atomic E-state index is 13.2. The van der Waals surface area contributed by atoms with E-state index in [4.69, 9.17) is 0 Å². The number of rotatable bonds is 5. The Kier molecular flexibility index (Phi) is 6.36. The van der Waals surface area contributed by atoms with E-state index in [1.54, 1.807) is 23.1 Å². The maximum Gasteiger partial charge on any atom is 0.260 e. The SMILES string of the molecule is CCN(C(=O)c1ccccc1NC(=O)c1ccc(C(C)(C)C)cc1)c1ccccc1. The Morgan fingerprint density at radius 3 is 2.03 bits per heavy atom. The lowest BCUT2D eigenvalue weighted by molar-refractivity contribution is 0.0989. The molecule has 0 heterocycles. The molecule has 154 valence electrons. The fourth-order valence-corrected chi connectivity index (χ4v) is 3.29. The number of para-hydroxylation sites is 2. The predicted octanol–water partition coefficient (Wildman–Crippen LogP) is 5.90. The fraction of sp³-hybridized carbons (Fsp3) is 0.231. The molecular formula is C26H28N2O2. The van der Waals surface area contributed by atoms with Crippen molar-refractivity contribution in [3.63, 3.8) is 0 Å². The van der Waals surface area contributed by atoms with Gasteiger partial charge in [0.05, 0.1) is 11.3 Å². The van der Waals surface area contributed by atoms with Crippen LogP contribution in [0.2, 0.25) is 0 Å². The zero-order valence-corrected chi connectivity index (χ0v) is 18.0. The average molecular weight is 401 g/mol. The van der Waals surface area contributed by atoms with E-state index in [0.717, 1.165) is 11.3 Å². The second-order valence-corrected chi connectivity index (χ2v) is 8.21. The lowest BCUT2D eigenvalue weighted by atomic mass is 9.86. The molecule has 0 saturated heterocycles. The summed E-state index contributed by atoms with van der Waals surface area (Å²) in [5.41, 5.74) is 3.53. The van der Waals surface area contributed by atoms with Crippen molar-refractivity contribution >= 4 is 23.2 Å². The third-order valence-corrected chi connectivity index (χ3v) is 5.05. The molecule has 0 bridgehead atoms. The highest BCUT2D eigenvalue weighted by atomic mass is 16.2. The van der Waals surface area contributed by atoms with Gasteiger partial charge in [-0.15, -0.1) is 0 Å². The molecule has 1 N–H and O–H groups in total. The molecule has 0 radical (unpaired) electrons. The summed E-state index contributed by atoms with van der Waals surface area (Å²) in [6.45, 7) is 8.87. The number of amides is 2. The minimum absolute atomic E-state index is 0.0229. The third kappa shape index (κ3) is 4.77. The number of anilines is 2.